The summed E-state index contributed by atoms with van der Waals surface area (Å²) in [5.41, 5.74) is 0.0476. The van der Waals surface area contributed by atoms with Crippen molar-refractivity contribution in [1.29, 1.82) is 0 Å². The number of carbonyl (C=O) groups is 2. The molecule has 0 aliphatic heterocycles. The van der Waals surface area contributed by atoms with Gasteiger partial charge < -0.3 is 9.47 Å². The Kier molecular flexibility index (Phi) is 7.69. The largest absolute Gasteiger partial charge is 0.490 e. The predicted molar refractivity (Wildman–Crippen MR) is 93.6 cm³/mol. The maximum absolute atomic E-state index is 13.7. The van der Waals surface area contributed by atoms with E-state index in [-0.39, 0.29) is 23.3 Å². The van der Waals surface area contributed by atoms with Crippen molar-refractivity contribution in [2.24, 2.45) is 0 Å². The van der Waals surface area contributed by atoms with Crippen LogP contribution >= 0.6 is 0 Å². The Bertz CT molecular complexity index is 883. The molecule has 0 atom stereocenters. The van der Waals surface area contributed by atoms with Gasteiger partial charge in [-0.1, -0.05) is 6.92 Å². The highest BCUT2D eigenvalue weighted by Gasteiger charge is 2.22. The number of halogens is 5. The molecule has 0 N–H and O–H groups in total. The summed E-state index contributed by atoms with van der Waals surface area (Å²) in [5, 5.41) is 0. The monoisotopic (exact) mass is 416 g/mol. The van der Waals surface area contributed by atoms with Gasteiger partial charge in [0.2, 0.25) is 18.0 Å². The highest BCUT2D eigenvalue weighted by atomic mass is 19.3. The summed E-state index contributed by atoms with van der Waals surface area (Å²) in [7, 11) is 0. The van der Waals surface area contributed by atoms with E-state index in [1.54, 1.807) is 6.92 Å². The molecular weight excluding hydrogens is 399 g/mol. The molecule has 29 heavy (non-hydrogen) atoms. The van der Waals surface area contributed by atoms with Gasteiger partial charge in [0.25, 0.3) is 0 Å². The SMILES string of the molecule is CCc1cc(C(=O)C(=O)c2ccc(F)c(OCCC(F)F)c2)ccc1OC(F)F. The number of benzene rings is 2. The van der Waals surface area contributed by atoms with E-state index in [1.165, 1.54) is 12.1 Å². The number of carbonyl (C=O) groups excluding carboxylic acids is 2. The number of rotatable bonds is 10. The van der Waals surface area contributed by atoms with E-state index < -0.39 is 49.2 Å². The van der Waals surface area contributed by atoms with E-state index in [0.29, 0.717) is 5.56 Å². The van der Waals surface area contributed by atoms with Crippen LogP contribution in [0.5, 0.6) is 11.5 Å². The number of hydrogen-bond donors (Lipinski definition) is 0. The van der Waals surface area contributed by atoms with Crippen LogP contribution in [0.25, 0.3) is 0 Å². The van der Waals surface area contributed by atoms with Crippen molar-refractivity contribution in [1.82, 2.24) is 0 Å². The number of Topliss-reactive ketones (excluding diaryl/α,β-unsaturated/α-hetero) is 2. The number of ether oxygens (including phenoxy) is 2. The van der Waals surface area contributed by atoms with Crippen LogP contribution in [0.15, 0.2) is 36.4 Å². The minimum absolute atomic E-state index is 0.0574. The first-order valence-corrected chi connectivity index (χ1v) is 8.60. The quantitative estimate of drug-likeness (QED) is 0.308. The maximum Gasteiger partial charge on any atom is 0.387 e. The molecule has 0 saturated carbocycles. The normalized spacial score (nSPS) is 11.0. The second-order valence-corrected chi connectivity index (χ2v) is 5.89. The number of hydrogen-bond acceptors (Lipinski definition) is 4. The first-order valence-electron chi connectivity index (χ1n) is 8.60. The number of ketones is 2. The lowest BCUT2D eigenvalue weighted by Crippen LogP contribution is -2.16. The van der Waals surface area contributed by atoms with Gasteiger partial charge >= 0.3 is 6.61 Å². The van der Waals surface area contributed by atoms with Crippen molar-refractivity contribution in [3.05, 3.63) is 58.9 Å². The summed E-state index contributed by atoms with van der Waals surface area (Å²) >= 11 is 0. The molecule has 0 aliphatic carbocycles. The Labute approximate surface area is 163 Å². The first-order chi connectivity index (χ1) is 13.7. The average Bonchev–Trinajstić information content (AvgIpc) is 2.68. The van der Waals surface area contributed by atoms with Crippen LogP contribution in [0, 0.1) is 5.82 Å². The Balaban J connectivity index is 2.22. The van der Waals surface area contributed by atoms with Gasteiger partial charge in [-0.15, -0.1) is 0 Å². The van der Waals surface area contributed by atoms with Gasteiger partial charge in [-0.25, -0.2) is 13.2 Å². The summed E-state index contributed by atoms with van der Waals surface area (Å²) in [6.07, 6.45) is -2.98. The van der Waals surface area contributed by atoms with Crippen LogP contribution in [-0.4, -0.2) is 31.2 Å². The Morgan fingerprint density at radius 1 is 0.931 bits per heavy atom. The summed E-state index contributed by atoms with van der Waals surface area (Å²) in [5.74, 6) is -3.35. The van der Waals surface area contributed by atoms with Crippen molar-refractivity contribution in [3.63, 3.8) is 0 Å². The van der Waals surface area contributed by atoms with E-state index in [4.69, 9.17) is 4.74 Å². The van der Waals surface area contributed by atoms with Gasteiger partial charge in [0.05, 0.1) is 6.61 Å². The van der Waals surface area contributed by atoms with Crippen molar-refractivity contribution in [3.8, 4) is 11.5 Å². The summed E-state index contributed by atoms with van der Waals surface area (Å²) in [6, 6.07) is 6.49. The molecule has 0 amide bonds. The van der Waals surface area contributed by atoms with Gasteiger partial charge in [-0.05, 0) is 48.4 Å². The lowest BCUT2D eigenvalue weighted by Gasteiger charge is -2.11. The molecule has 0 saturated heterocycles. The van der Waals surface area contributed by atoms with Crippen LogP contribution in [-0.2, 0) is 6.42 Å². The third-order valence-corrected chi connectivity index (χ3v) is 3.91. The molecule has 0 radical (unpaired) electrons. The van der Waals surface area contributed by atoms with E-state index in [0.717, 1.165) is 24.3 Å². The fraction of sp³-hybridized carbons (Fsp3) is 0.300. The van der Waals surface area contributed by atoms with Gasteiger partial charge in [0.1, 0.15) is 5.75 Å². The fourth-order valence-corrected chi connectivity index (χ4v) is 2.48. The van der Waals surface area contributed by atoms with Crippen molar-refractivity contribution in [2.75, 3.05) is 6.61 Å². The van der Waals surface area contributed by atoms with Crippen LogP contribution in [0.4, 0.5) is 22.0 Å². The van der Waals surface area contributed by atoms with Crippen LogP contribution in [0.2, 0.25) is 0 Å². The average molecular weight is 416 g/mol. The molecule has 0 aromatic heterocycles. The molecule has 0 heterocycles. The summed E-state index contributed by atoms with van der Waals surface area (Å²) in [4.78, 5) is 24.9. The van der Waals surface area contributed by atoms with E-state index >= 15 is 0 Å². The molecule has 156 valence electrons. The summed E-state index contributed by atoms with van der Waals surface area (Å²) in [6.45, 7) is -1.84. The van der Waals surface area contributed by atoms with Crippen LogP contribution in [0.1, 0.15) is 39.6 Å². The van der Waals surface area contributed by atoms with Crippen molar-refractivity contribution in [2.45, 2.75) is 32.8 Å². The van der Waals surface area contributed by atoms with E-state index in [2.05, 4.69) is 4.74 Å². The van der Waals surface area contributed by atoms with Gasteiger partial charge in [0, 0.05) is 17.5 Å². The Hall–Kier alpha value is -2.97. The lowest BCUT2D eigenvalue weighted by atomic mass is 9.98. The molecule has 4 nitrogen and oxygen atoms in total. The zero-order chi connectivity index (χ0) is 21.6. The number of alkyl halides is 4. The first kappa shape index (κ1) is 22.3. The lowest BCUT2D eigenvalue weighted by molar-refractivity contribution is -0.0504. The van der Waals surface area contributed by atoms with E-state index in [9.17, 15) is 31.5 Å². The van der Waals surface area contributed by atoms with Gasteiger partial charge in [-0.2, -0.15) is 8.78 Å². The standard InChI is InChI=1S/C20H17F5O4/c1-2-11-9-12(4-6-15(11)29-20(24)25)18(26)19(27)13-3-5-14(21)16(10-13)28-8-7-17(22)23/h3-6,9-10,17,20H,2,7-8H2,1H3. The second kappa shape index (κ2) is 9.99. The third kappa shape index (κ3) is 6.00. The third-order valence-electron chi connectivity index (χ3n) is 3.91. The minimum Gasteiger partial charge on any atom is -0.490 e. The van der Waals surface area contributed by atoms with Crippen molar-refractivity contribution >= 4 is 11.6 Å². The molecule has 0 aliphatic rings. The molecule has 0 unspecified atom stereocenters. The topological polar surface area (TPSA) is 52.6 Å². The smallest absolute Gasteiger partial charge is 0.387 e. The molecule has 9 heteroatoms. The molecule has 0 spiro atoms. The molecule has 2 aromatic carbocycles. The maximum atomic E-state index is 13.7. The molecule has 2 rings (SSSR count). The molecule has 0 bridgehead atoms. The van der Waals surface area contributed by atoms with Crippen LogP contribution in [0.3, 0.4) is 0 Å². The van der Waals surface area contributed by atoms with Crippen LogP contribution < -0.4 is 9.47 Å². The minimum atomic E-state index is -3.04. The molecular formula is C20H17F5O4. The zero-order valence-corrected chi connectivity index (χ0v) is 15.3. The molecule has 2 aromatic rings. The number of aryl methyl sites for hydroxylation is 1. The second-order valence-electron chi connectivity index (χ2n) is 5.89. The highest BCUT2D eigenvalue weighted by Crippen LogP contribution is 2.25. The van der Waals surface area contributed by atoms with Crippen molar-refractivity contribution < 1.29 is 41.0 Å². The predicted octanol–water partition coefficient (Wildman–Crippen LogP) is 5.09. The summed E-state index contributed by atoms with van der Waals surface area (Å²) < 4.78 is 72.2. The van der Waals surface area contributed by atoms with Gasteiger partial charge in [0.15, 0.2) is 11.6 Å². The molecule has 0 fully saturated rings. The van der Waals surface area contributed by atoms with E-state index in [1.807, 2.05) is 0 Å². The Morgan fingerprint density at radius 3 is 2.14 bits per heavy atom. The Morgan fingerprint density at radius 2 is 1.55 bits per heavy atom. The zero-order valence-electron chi connectivity index (χ0n) is 15.3. The highest BCUT2D eigenvalue weighted by molar-refractivity contribution is 6.49. The fourth-order valence-electron chi connectivity index (χ4n) is 2.48. The van der Waals surface area contributed by atoms with Gasteiger partial charge in [-0.3, -0.25) is 9.59 Å².